The molecule has 1 saturated heterocycles. The van der Waals surface area contributed by atoms with Crippen LogP contribution in [0.25, 0.3) is 0 Å². The minimum Gasteiger partial charge on any atom is -0.370 e. The molecule has 3 N–H and O–H groups in total. The molecule has 1 aromatic carbocycles. The van der Waals surface area contributed by atoms with Gasteiger partial charge in [-0.15, -0.1) is 11.3 Å². The summed E-state index contributed by atoms with van der Waals surface area (Å²) in [4.78, 5) is 30.8. The summed E-state index contributed by atoms with van der Waals surface area (Å²) in [6, 6.07) is 14.2. The minimum absolute atomic E-state index is 0.202. The zero-order valence-corrected chi connectivity index (χ0v) is 17.5. The largest absolute Gasteiger partial charge is 0.370 e. The lowest BCUT2D eigenvalue weighted by Crippen LogP contribution is -2.22. The van der Waals surface area contributed by atoms with E-state index in [0.29, 0.717) is 30.2 Å². The molecule has 8 heteroatoms. The van der Waals surface area contributed by atoms with Crippen molar-refractivity contribution in [3.05, 3.63) is 65.4 Å². The van der Waals surface area contributed by atoms with Crippen molar-refractivity contribution >= 4 is 34.0 Å². The fourth-order valence-electron chi connectivity index (χ4n) is 3.90. The molecular weight excluding hydrogens is 398 g/mol. The summed E-state index contributed by atoms with van der Waals surface area (Å²) in [6.07, 6.45) is 4.91. The van der Waals surface area contributed by atoms with Crippen LogP contribution in [0.5, 0.6) is 0 Å². The van der Waals surface area contributed by atoms with E-state index in [0.717, 1.165) is 25.1 Å². The summed E-state index contributed by atoms with van der Waals surface area (Å²) in [5.74, 6) is -0.536. The van der Waals surface area contributed by atoms with Crippen molar-refractivity contribution < 1.29 is 9.59 Å². The van der Waals surface area contributed by atoms with E-state index in [1.54, 1.807) is 6.07 Å². The molecule has 1 aliphatic rings. The summed E-state index contributed by atoms with van der Waals surface area (Å²) in [5.41, 5.74) is 7.93. The molecule has 1 atom stereocenters. The number of thiazole rings is 1. The van der Waals surface area contributed by atoms with Gasteiger partial charge in [-0.05, 0) is 43.5 Å². The first kappa shape index (κ1) is 20.2. The number of anilines is 2. The fourth-order valence-corrected chi connectivity index (χ4v) is 4.65. The van der Waals surface area contributed by atoms with E-state index in [4.69, 9.17) is 10.7 Å². The Labute approximate surface area is 179 Å². The van der Waals surface area contributed by atoms with Gasteiger partial charge in [0.2, 0.25) is 5.91 Å². The van der Waals surface area contributed by atoms with Gasteiger partial charge in [-0.25, -0.2) is 4.98 Å². The molecule has 7 nitrogen and oxygen atoms in total. The maximum atomic E-state index is 12.7. The van der Waals surface area contributed by atoms with Crippen LogP contribution < -0.4 is 16.0 Å². The van der Waals surface area contributed by atoms with E-state index >= 15 is 0 Å². The Bertz CT molecular complexity index is 1010. The first-order valence-electron chi connectivity index (χ1n) is 10.1. The van der Waals surface area contributed by atoms with Gasteiger partial charge < -0.3 is 15.2 Å². The standard InChI is InChI=1S/C22H25N5O2S/c23-20(28)11-6-13-26-12-4-10-19(26)21(29)25-22-24-17(15-30-22)18-9-5-14-27(18)16-7-2-1-3-8-16/h1-4,7-8,10,12,15,18H,5-6,9,11,13-14H2,(H2,23,28)(H,24,25,29)/t18-/m1/s1. The second kappa shape index (κ2) is 9.13. The molecule has 3 heterocycles. The molecule has 0 saturated carbocycles. The quantitative estimate of drug-likeness (QED) is 0.576. The van der Waals surface area contributed by atoms with Gasteiger partial charge in [0.05, 0.1) is 11.7 Å². The zero-order valence-electron chi connectivity index (χ0n) is 16.7. The number of nitrogens with one attached hydrogen (secondary N) is 1. The molecule has 30 heavy (non-hydrogen) atoms. The summed E-state index contributed by atoms with van der Waals surface area (Å²) in [6.45, 7) is 1.57. The van der Waals surface area contributed by atoms with Crippen molar-refractivity contribution in [3.8, 4) is 0 Å². The Balaban J connectivity index is 1.42. The summed E-state index contributed by atoms with van der Waals surface area (Å²) in [7, 11) is 0. The average molecular weight is 424 g/mol. The van der Waals surface area contributed by atoms with Gasteiger partial charge >= 0.3 is 0 Å². The first-order valence-corrected chi connectivity index (χ1v) is 11.0. The molecule has 2 aromatic heterocycles. The molecule has 156 valence electrons. The highest BCUT2D eigenvalue weighted by Crippen LogP contribution is 2.37. The summed E-state index contributed by atoms with van der Waals surface area (Å²) < 4.78 is 1.83. The number of nitrogens with zero attached hydrogens (tertiary/aromatic N) is 3. The second-order valence-electron chi connectivity index (χ2n) is 7.38. The number of hydrogen-bond acceptors (Lipinski definition) is 5. The van der Waals surface area contributed by atoms with Crippen LogP contribution in [0.3, 0.4) is 0 Å². The number of carbonyl (C=O) groups is 2. The van der Waals surface area contributed by atoms with Gasteiger partial charge in [0.25, 0.3) is 5.91 Å². The Kier molecular flexibility index (Phi) is 6.13. The number of benzene rings is 1. The molecule has 0 spiro atoms. The molecule has 0 bridgehead atoms. The Morgan fingerprint density at radius 1 is 1.20 bits per heavy atom. The lowest BCUT2D eigenvalue weighted by molar-refractivity contribution is -0.118. The van der Waals surface area contributed by atoms with Crippen LogP contribution in [0.1, 0.15) is 47.9 Å². The molecule has 0 unspecified atom stereocenters. The molecule has 1 aliphatic heterocycles. The monoisotopic (exact) mass is 423 g/mol. The highest BCUT2D eigenvalue weighted by atomic mass is 32.1. The third-order valence-electron chi connectivity index (χ3n) is 5.31. The molecule has 2 amide bonds. The van der Waals surface area contributed by atoms with Gasteiger partial charge in [-0.3, -0.25) is 14.9 Å². The van der Waals surface area contributed by atoms with Crippen molar-refractivity contribution in [3.63, 3.8) is 0 Å². The number of aromatic nitrogens is 2. The predicted molar refractivity (Wildman–Crippen MR) is 119 cm³/mol. The number of rotatable bonds is 8. The van der Waals surface area contributed by atoms with Crippen molar-refractivity contribution in [1.82, 2.24) is 9.55 Å². The van der Waals surface area contributed by atoms with Gasteiger partial charge in [0, 0.05) is 36.8 Å². The van der Waals surface area contributed by atoms with Crippen LogP contribution in [0.4, 0.5) is 10.8 Å². The first-order chi connectivity index (χ1) is 14.6. The van der Waals surface area contributed by atoms with Crippen LogP contribution >= 0.6 is 11.3 Å². The van der Waals surface area contributed by atoms with Gasteiger partial charge in [-0.1, -0.05) is 18.2 Å². The minimum atomic E-state index is -0.333. The highest BCUT2D eigenvalue weighted by molar-refractivity contribution is 7.14. The number of para-hydroxylation sites is 1. The normalized spacial score (nSPS) is 16.0. The number of primary amides is 1. The van der Waals surface area contributed by atoms with Crippen molar-refractivity contribution in [2.45, 2.75) is 38.3 Å². The van der Waals surface area contributed by atoms with Crippen LogP contribution in [0.15, 0.2) is 54.0 Å². The van der Waals surface area contributed by atoms with Gasteiger partial charge in [-0.2, -0.15) is 0 Å². The Morgan fingerprint density at radius 2 is 2.03 bits per heavy atom. The number of hydrogen-bond donors (Lipinski definition) is 2. The van der Waals surface area contributed by atoms with Crippen LogP contribution in [-0.2, 0) is 11.3 Å². The summed E-state index contributed by atoms with van der Waals surface area (Å²) >= 11 is 1.45. The SMILES string of the molecule is NC(=O)CCCn1cccc1C(=O)Nc1nc([C@H]2CCCN2c2ccccc2)cs1. The van der Waals surface area contributed by atoms with E-state index in [-0.39, 0.29) is 17.9 Å². The fraction of sp³-hybridized carbons (Fsp3) is 0.318. The molecule has 1 fully saturated rings. The van der Waals surface area contributed by atoms with E-state index in [2.05, 4.69) is 34.5 Å². The molecule has 3 aromatic rings. The summed E-state index contributed by atoms with van der Waals surface area (Å²) in [5, 5.41) is 5.55. The van der Waals surface area contributed by atoms with E-state index in [1.165, 1.54) is 17.0 Å². The number of nitrogens with two attached hydrogens (primary N) is 1. The van der Waals surface area contributed by atoms with Crippen molar-refractivity contribution in [2.75, 3.05) is 16.8 Å². The van der Waals surface area contributed by atoms with Crippen molar-refractivity contribution in [2.24, 2.45) is 5.73 Å². The lowest BCUT2D eigenvalue weighted by atomic mass is 10.1. The number of aryl methyl sites for hydroxylation is 1. The third kappa shape index (κ3) is 4.54. The second-order valence-corrected chi connectivity index (χ2v) is 8.23. The average Bonchev–Trinajstić information content (AvgIpc) is 3.48. The molecule has 0 radical (unpaired) electrons. The smallest absolute Gasteiger partial charge is 0.274 e. The third-order valence-corrected chi connectivity index (χ3v) is 6.08. The van der Waals surface area contributed by atoms with E-state index < -0.39 is 0 Å². The topological polar surface area (TPSA) is 93.2 Å². The van der Waals surface area contributed by atoms with E-state index in [9.17, 15) is 9.59 Å². The maximum Gasteiger partial charge on any atom is 0.274 e. The van der Waals surface area contributed by atoms with Gasteiger partial charge in [0.15, 0.2) is 5.13 Å². The van der Waals surface area contributed by atoms with Crippen LogP contribution in [0.2, 0.25) is 0 Å². The van der Waals surface area contributed by atoms with Crippen LogP contribution in [0, 0.1) is 0 Å². The number of carbonyl (C=O) groups excluding carboxylic acids is 2. The lowest BCUT2D eigenvalue weighted by Gasteiger charge is -2.25. The van der Waals surface area contributed by atoms with Crippen LogP contribution in [-0.4, -0.2) is 27.9 Å². The maximum absolute atomic E-state index is 12.7. The van der Waals surface area contributed by atoms with Crippen molar-refractivity contribution in [1.29, 1.82) is 0 Å². The number of amides is 2. The molecular formula is C22H25N5O2S. The Morgan fingerprint density at radius 3 is 2.83 bits per heavy atom. The highest BCUT2D eigenvalue weighted by Gasteiger charge is 2.28. The molecule has 4 rings (SSSR count). The van der Waals surface area contributed by atoms with E-state index in [1.807, 2.05) is 28.3 Å². The molecule has 0 aliphatic carbocycles. The Hall–Kier alpha value is -3.13. The van der Waals surface area contributed by atoms with Gasteiger partial charge in [0.1, 0.15) is 5.69 Å². The predicted octanol–water partition coefficient (Wildman–Crippen LogP) is 3.80. The zero-order chi connectivity index (χ0) is 20.9.